The van der Waals surface area contributed by atoms with Crippen LogP contribution in [-0.2, 0) is 4.79 Å². The van der Waals surface area contributed by atoms with Gasteiger partial charge in [0.2, 0.25) is 0 Å². The molecule has 0 radical (unpaired) electrons. The van der Waals surface area contributed by atoms with E-state index in [0.29, 0.717) is 11.5 Å². The van der Waals surface area contributed by atoms with E-state index in [4.69, 9.17) is 4.74 Å². The molecule has 1 aliphatic heterocycles. The summed E-state index contributed by atoms with van der Waals surface area (Å²) in [5, 5.41) is 1.75. The van der Waals surface area contributed by atoms with Gasteiger partial charge in [0.1, 0.15) is 5.75 Å². The number of benzene rings is 2. The maximum absolute atomic E-state index is 12.0. The molecule has 0 bridgehead atoms. The number of amides is 2. The molecule has 2 aromatic rings. The average molecular weight is 313 g/mol. The minimum Gasteiger partial charge on any atom is -0.493 e. The quantitative estimate of drug-likeness (QED) is 0.806. The van der Waals surface area contributed by atoms with Crippen molar-refractivity contribution in [1.82, 2.24) is 4.90 Å². The highest BCUT2D eigenvalue weighted by atomic mass is 32.2. The Morgan fingerprint density at radius 2 is 1.86 bits per heavy atom. The summed E-state index contributed by atoms with van der Waals surface area (Å²) in [7, 11) is 1.49. The van der Waals surface area contributed by atoms with E-state index in [1.165, 1.54) is 7.05 Å². The van der Waals surface area contributed by atoms with Gasteiger partial charge in [0, 0.05) is 12.4 Å². The summed E-state index contributed by atoms with van der Waals surface area (Å²) in [5.41, 5.74) is 0.901. The number of rotatable bonds is 3. The molecule has 2 aromatic carbocycles. The monoisotopic (exact) mass is 313 g/mol. The van der Waals surface area contributed by atoms with Crippen LogP contribution in [0.4, 0.5) is 4.79 Å². The molecular weight excluding hydrogens is 298 g/mol. The van der Waals surface area contributed by atoms with Crippen LogP contribution in [0.15, 0.2) is 41.3 Å². The molecule has 112 valence electrons. The van der Waals surface area contributed by atoms with Gasteiger partial charge in [-0.2, -0.15) is 0 Å². The minimum atomic E-state index is -0.257. The molecule has 22 heavy (non-hydrogen) atoms. The summed E-state index contributed by atoms with van der Waals surface area (Å²) >= 11 is 0.967. The van der Waals surface area contributed by atoms with Crippen molar-refractivity contribution in [3.05, 3.63) is 46.9 Å². The van der Waals surface area contributed by atoms with E-state index in [1.807, 2.05) is 43.3 Å². The molecule has 0 N–H and O–H groups in total. The Labute approximate surface area is 132 Å². The Kier molecular flexibility index (Phi) is 3.90. The van der Waals surface area contributed by atoms with Crippen LogP contribution < -0.4 is 4.74 Å². The van der Waals surface area contributed by atoms with Crippen LogP contribution >= 0.6 is 11.8 Å². The van der Waals surface area contributed by atoms with Crippen molar-refractivity contribution in [3.8, 4) is 5.75 Å². The van der Waals surface area contributed by atoms with Gasteiger partial charge in [-0.05, 0) is 41.8 Å². The van der Waals surface area contributed by atoms with Gasteiger partial charge in [-0.3, -0.25) is 14.5 Å². The molecule has 0 spiro atoms. The summed E-state index contributed by atoms with van der Waals surface area (Å²) < 4.78 is 5.64. The van der Waals surface area contributed by atoms with Crippen molar-refractivity contribution in [3.63, 3.8) is 0 Å². The van der Waals surface area contributed by atoms with Crippen molar-refractivity contribution < 1.29 is 14.3 Å². The lowest BCUT2D eigenvalue weighted by Crippen LogP contribution is -2.22. The molecule has 0 aliphatic carbocycles. The third-order valence-corrected chi connectivity index (χ3v) is 4.45. The number of carbonyl (C=O) groups excluding carboxylic acids is 2. The molecule has 0 atom stereocenters. The fourth-order valence-corrected chi connectivity index (χ4v) is 3.21. The first-order valence-corrected chi connectivity index (χ1v) is 7.79. The fraction of sp³-hybridized carbons (Fsp3) is 0.176. The van der Waals surface area contributed by atoms with Crippen LogP contribution in [0, 0.1) is 0 Å². The third-order valence-electron chi connectivity index (χ3n) is 3.49. The van der Waals surface area contributed by atoms with Crippen molar-refractivity contribution in [2.75, 3.05) is 13.7 Å². The predicted molar refractivity (Wildman–Crippen MR) is 88.9 cm³/mol. The van der Waals surface area contributed by atoms with Crippen molar-refractivity contribution in [1.29, 1.82) is 0 Å². The third kappa shape index (κ3) is 2.48. The Morgan fingerprint density at radius 1 is 1.14 bits per heavy atom. The van der Waals surface area contributed by atoms with Crippen molar-refractivity contribution in [2.45, 2.75) is 6.92 Å². The van der Waals surface area contributed by atoms with Crippen molar-refractivity contribution >= 4 is 39.8 Å². The maximum atomic E-state index is 12.0. The molecular formula is C17H15NO3S. The van der Waals surface area contributed by atoms with Gasteiger partial charge in [0.15, 0.2) is 0 Å². The van der Waals surface area contributed by atoms with Gasteiger partial charge in [-0.1, -0.05) is 30.3 Å². The normalized spacial score (nSPS) is 16.8. The van der Waals surface area contributed by atoms with E-state index in [2.05, 4.69) is 0 Å². The Morgan fingerprint density at radius 3 is 2.50 bits per heavy atom. The summed E-state index contributed by atoms with van der Waals surface area (Å²) in [6.45, 7) is 2.54. The molecule has 1 aliphatic rings. The SMILES string of the molecule is CCOc1ccc(/C=C2\SC(=O)N(C)C2=O)c2ccccc12. The van der Waals surface area contributed by atoms with Crippen LogP contribution in [0.2, 0.25) is 0 Å². The van der Waals surface area contributed by atoms with Gasteiger partial charge in [0.05, 0.1) is 11.5 Å². The zero-order valence-corrected chi connectivity index (χ0v) is 13.1. The predicted octanol–water partition coefficient (Wildman–Crippen LogP) is 3.90. The van der Waals surface area contributed by atoms with Gasteiger partial charge in [-0.15, -0.1) is 0 Å². The molecule has 3 rings (SSSR count). The van der Waals surface area contributed by atoms with Gasteiger partial charge in [-0.25, -0.2) is 0 Å². The number of ether oxygens (including phenoxy) is 1. The molecule has 4 nitrogen and oxygen atoms in total. The lowest BCUT2D eigenvalue weighted by molar-refractivity contribution is -0.121. The number of hydrogen-bond acceptors (Lipinski definition) is 4. The van der Waals surface area contributed by atoms with Crippen LogP contribution in [0.5, 0.6) is 5.75 Å². The summed E-state index contributed by atoms with van der Waals surface area (Å²) in [6, 6.07) is 11.7. The molecule has 1 fully saturated rings. The maximum Gasteiger partial charge on any atom is 0.293 e. The van der Waals surface area contributed by atoms with Crippen LogP contribution in [0.3, 0.4) is 0 Å². The first kappa shape index (κ1) is 14.7. The topological polar surface area (TPSA) is 46.6 Å². The molecule has 1 saturated heterocycles. The molecule has 0 saturated carbocycles. The fourth-order valence-electron chi connectivity index (χ4n) is 2.39. The number of carbonyl (C=O) groups is 2. The highest BCUT2D eigenvalue weighted by Gasteiger charge is 2.31. The van der Waals surface area contributed by atoms with Crippen molar-refractivity contribution in [2.24, 2.45) is 0 Å². The van der Waals surface area contributed by atoms with E-state index in [9.17, 15) is 9.59 Å². The second-order valence-corrected chi connectivity index (χ2v) is 5.87. The van der Waals surface area contributed by atoms with Crippen LogP contribution in [0.25, 0.3) is 16.8 Å². The number of nitrogens with zero attached hydrogens (tertiary/aromatic N) is 1. The standard InChI is InChI=1S/C17H15NO3S/c1-3-21-14-9-8-11(12-6-4-5-7-13(12)14)10-15-16(19)18(2)17(20)22-15/h4-10H,3H2,1-2H3/b15-10-. The lowest BCUT2D eigenvalue weighted by Gasteiger charge is -2.10. The minimum absolute atomic E-state index is 0.244. The zero-order chi connectivity index (χ0) is 15.7. The molecule has 2 amide bonds. The summed E-state index contributed by atoms with van der Waals surface area (Å²) in [4.78, 5) is 25.2. The molecule has 1 heterocycles. The van der Waals surface area contributed by atoms with Crippen LogP contribution in [-0.4, -0.2) is 29.7 Å². The Hall–Kier alpha value is -2.27. The highest BCUT2D eigenvalue weighted by molar-refractivity contribution is 8.18. The first-order chi connectivity index (χ1) is 10.6. The largest absolute Gasteiger partial charge is 0.493 e. The lowest BCUT2D eigenvalue weighted by atomic mass is 10.0. The molecule has 0 unspecified atom stereocenters. The van der Waals surface area contributed by atoms with Gasteiger partial charge < -0.3 is 4.74 Å². The second-order valence-electron chi connectivity index (χ2n) is 4.87. The van der Waals surface area contributed by atoms with E-state index in [1.54, 1.807) is 6.08 Å². The van der Waals surface area contributed by atoms with E-state index >= 15 is 0 Å². The highest BCUT2D eigenvalue weighted by Crippen LogP contribution is 2.34. The smallest absolute Gasteiger partial charge is 0.293 e. The zero-order valence-electron chi connectivity index (χ0n) is 12.3. The molecule has 5 heteroatoms. The van der Waals surface area contributed by atoms with E-state index in [-0.39, 0.29) is 11.1 Å². The Balaban J connectivity index is 2.11. The number of likely N-dealkylation sites (N-methyl/N-ethyl adjacent to an activating group) is 1. The number of imide groups is 1. The van der Waals surface area contributed by atoms with Crippen LogP contribution in [0.1, 0.15) is 12.5 Å². The van der Waals surface area contributed by atoms with Gasteiger partial charge in [0.25, 0.3) is 11.1 Å². The second kappa shape index (κ2) is 5.85. The number of fused-ring (bicyclic) bond motifs is 1. The van der Waals surface area contributed by atoms with E-state index < -0.39 is 0 Å². The molecule has 0 aromatic heterocycles. The summed E-state index contributed by atoms with van der Waals surface area (Å²) in [5.74, 6) is 0.562. The number of thioether (sulfide) groups is 1. The average Bonchev–Trinajstić information content (AvgIpc) is 2.77. The van der Waals surface area contributed by atoms with E-state index in [0.717, 1.165) is 38.7 Å². The summed E-state index contributed by atoms with van der Waals surface area (Å²) in [6.07, 6.45) is 1.77. The Bertz CT molecular complexity index is 798. The number of hydrogen-bond donors (Lipinski definition) is 0. The van der Waals surface area contributed by atoms with Gasteiger partial charge >= 0.3 is 0 Å². The first-order valence-electron chi connectivity index (χ1n) is 6.98.